The van der Waals surface area contributed by atoms with Crippen molar-refractivity contribution in [3.8, 4) is 11.3 Å². The lowest BCUT2D eigenvalue weighted by Crippen LogP contribution is -2.57. The lowest BCUT2D eigenvalue weighted by molar-refractivity contribution is 0.139. The minimum absolute atomic E-state index is 0.106. The molecule has 0 amide bonds. The van der Waals surface area contributed by atoms with Gasteiger partial charge in [-0.15, -0.1) is 0 Å². The average Bonchev–Trinajstić information content (AvgIpc) is 3.09. The quantitative estimate of drug-likeness (QED) is 0.658. The van der Waals surface area contributed by atoms with E-state index in [4.69, 9.17) is 4.52 Å². The Morgan fingerprint density at radius 3 is 2.60 bits per heavy atom. The first-order chi connectivity index (χ1) is 14.5. The van der Waals surface area contributed by atoms with Gasteiger partial charge in [0.05, 0.1) is 18.4 Å². The maximum absolute atomic E-state index is 12.8. The van der Waals surface area contributed by atoms with Crippen molar-refractivity contribution >= 4 is 5.69 Å². The third-order valence-electron chi connectivity index (χ3n) is 6.66. The Labute approximate surface area is 175 Å². The molecule has 0 bridgehead atoms. The average molecular weight is 406 g/mol. The zero-order chi connectivity index (χ0) is 20.7. The molecule has 5 rings (SSSR count). The van der Waals surface area contributed by atoms with E-state index in [1.54, 1.807) is 12.3 Å². The first-order valence-corrected chi connectivity index (χ1v) is 10.7. The molecule has 0 radical (unpaired) electrons. The molecule has 7 heteroatoms. The van der Waals surface area contributed by atoms with Crippen molar-refractivity contribution < 1.29 is 4.52 Å². The van der Waals surface area contributed by atoms with Crippen molar-refractivity contribution in [2.45, 2.75) is 52.5 Å². The van der Waals surface area contributed by atoms with Gasteiger partial charge in [0.15, 0.2) is 0 Å². The molecule has 3 aromatic rings. The Kier molecular flexibility index (Phi) is 4.68. The summed E-state index contributed by atoms with van der Waals surface area (Å²) >= 11 is 0. The Bertz CT molecular complexity index is 1100. The molecule has 7 nitrogen and oxygen atoms in total. The summed E-state index contributed by atoms with van der Waals surface area (Å²) in [7, 11) is 0. The fraction of sp³-hybridized carbons (Fsp3) is 0.478. The van der Waals surface area contributed by atoms with Crippen LogP contribution in [-0.4, -0.2) is 33.0 Å². The molecule has 1 aliphatic heterocycles. The van der Waals surface area contributed by atoms with E-state index in [2.05, 4.69) is 20.1 Å². The first kappa shape index (κ1) is 19.0. The molecule has 0 unspecified atom stereocenters. The van der Waals surface area contributed by atoms with Crippen LogP contribution in [0, 0.1) is 19.3 Å². The molecule has 1 spiro atoms. The fourth-order valence-corrected chi connectivity index (χ4v) is 4.84. The van der Waals surface area contributed by atoms with Crippen LogP contribution in [0.1, 0.15) is 49.1 Å². The second-order valence-corrected chi connectivity index (χ2v) is 8.88. The van der Waals surface area contributed by atoms with Crippen LogP contribution < -0.4 is 10.5 Å². The van der Waals surface area contributed by atoms with Crippen LogP contribution in [0.15, 0.2) is 39.9 Å². The summed E-state index contributed by atoms with van der Waals surface area (Å²) in [6.45, 7) is 6.22. The molecule has 1 saturated heterocycles. The SMILES string of the molecule is Cc1ccc(-c2noc(C)c2Cn2ncc(N3CC4(CCCCC4)C3)cc2=O)cn1. The van der Waals surface area contributed by atoms with Gasteiger partial charge in [0, 0.05) is 47.6 Å². The molecule has 0 N–H and O–H groups in total. The van der Waals surface area contributed by atoms with E-state index in [9.17, 15) is 4.79 Å². The normalized spacial score (nSPS) is 17.9. The summed E-state index contributed by atoms with van der Waals surface area (Å²) in [6.07, 6.45) is 10.3. The highest BCUT2D eigenvalue weighted by molar-refractivity contribution is 5.62. The molecule has 30 heavy (non-hydrogen) atoms. The molecule has 2 aliphatic rings. The van der Waals surface area contributed by atoms with Gasteiger partial charge in [-0.2, -0.15) is 5.10 Å². The predicted molar refractivity (Wildman–Crippen MR) is 115 cm³/mol. The zero-order valence-electron chi connectivity index (χ0n) is 17.6. The minimum Gasteiger partial charge on any atom is -0.369 e. The summed E-state index contributed by atoms with van der Waals surface area (Å²) in [5, 5.41) is 8.65. The van der Waals surface area contributed by atoms with Gasteiger partial charge in [-0.05, 0) is 38.8 Å². The van der Waals surface area contributed by atoms with Crippen LogP contribution >= 0.6 is 0 Å². The largest absolute Gasteiger partial charge is 0.369 e. The van der Waals surface area contributed by atoms with Crippen molar-refractivity contribution in [1.29, 1.82) is 0 Å². The number of nitrogens with zero attached hydrogens (tertiary/aromatic N) is 5. The summed E-state index contributed by atoms with van der Waals surface area (Å²) in [4.78, 5) is 19.4. The highest BCUT2D eigenvalue weighted by atomic mass is 16.5. The zero-order valence-corrected chi connectivity index (χ0v) is 17.6. The van der Waals surface area contributed by atoms with Gasteiger partial charge in [0.25, 0.3) is 5.56 Å². The highest BCUT2D eigenvalue weighted by Crippen LogP contribution is 2.45. The molecule has 0 aromatic carbocycles. The third kappa shape index (κ3) is 3.42. The first-order valence-electron chi connectivity index (χ1n) is 10.7. The van der Waals surface area contributed by atoms with E-state index in [0.29, 0.717) is 23.4 Å². The van der Waals surface area contributed by atoms with Gasteiger partial charge in [-0.3, -0.25) is 9.78 Å². The summed E-state index contributed by atoms with van der Waals surface area (Å²) in [6, 6.07) is 5.61. The Morgan fingerprint density at radius 1 is 1.10 bits per heavy atom. The van der Waals surface area contributed by atoms with E-state index in [1.165, 1.54) is 36.8 Å². The summed E-state index contributed by atoms with van der Waals surface area (Å²) in [5.74, 6) is 0.685. The van der Waals surface area contributed by atoms with E-state index in [-0.39, 0.29) is 5.56 Å². The van der Waals surface area contributed by atoms with Crippen LogP contribution in [0.5, 0.6) is 0 Å². The van der Waals surface area contributed by atoms with Crippen molar-refractivity contribution in [2.75, 3.05) is 18.0 Å². The molecule has 3 aromatic heterocycles. The maximum atomic E-state index is 12.8. The van der Waals surface area contributed by atoms with Crippen LogP contribution in [0.2, 0.25) is 0 Å². The summed E-state index contributed by atoms with van der Waals surface area (Å²) in [5.41, 5.74) is 4.67. The van der Waals surface area contributed by atoms with Crippen molar-refractivity contribution in [3.63, 3.8) is 0 Å². The molecule has 1 aliphatic carbocycles. The smallest absolute Gasteiger partial charge is 0.269 e. The number of hydrogen-bond donors (Lipinski definition) is 0. The van der Waals surface area contributed by atoms with Crippen LogP contribution in [0.3, 0.4) is 0 Å². The van der Waals surface area contributed by atoms with Gasteiger partial charge in [-0.1, -0.05) is 24.4 Å². The molecular weight excluding hydrogens is 378 g/mol. The molecule has 0 atom stereocenters. The van der Waals surface area contributed by atoms with E-state index in [1.807, 2.05) is 32.2 Å². The Balaban J connectivity index is 1.35. The Morgan fingerprint density at radius 2 is 1.90 bits per heavy atom. The highest BCUT2D eigenvalue weighted by Gasteiger charge is 2.43. The van der Waals surface area contributed by atoms with Gasteiger partial charge in [0.1, 0.15) is 11.5 Å². The lowest BCUT2D eigenvalue weighted by atomic mass is 9.68. The minimum atomic E-state index is -0.106. The van der Waals surface area contributed by atoms with Crippen molar-refractivity contribution in [1.82, 2.24) is 19.9 Å². The maximum Gasteiger partial charge on any atom is 0.269 e. The molecule has 1 saturated carbocycles. The topological polar surface area (TPSA) is 77.0 Å². The number of rotatable bonds is 4. The second-order valence-electron chi connectivity index (χ2n) is 8.88. The molecule has 4 heterocycles. The number of anilines is 1. The van der Waals surface area contributed by atoms with Crippen molar-refractivity contribution in [2.24, 2.45) is 5.41 Å². The summed E-state index contributed by atoms with van der Waals surface area (Å²) < 4.78 is 6.89. The molecule has 156 valence electrons. The van der Waals surface area contributed by atoms with E-state index < -0.39 is 0 Å². The van der Waals surface area contributed by atoms with Crippen LogP contribution in [-0.2, 0) is 6.54 Å². The number of pyridine rings is 1. The number of aryl methyl sites for hydroxylation is 2. The molecular formula is C23H27N5O2. The third-order valence-corrected chi connectivity index (χ3v) is 6.66. The van der Waals surface area contributed by atoms with Gasteiger partial charge >= 0.3 is 0 Å². The molecule has 2 fully saturated rings. The van der Waals surface area contributed by atoms with E-state index in [0.717, 1.165) is 35.6 Å². The fourth-order valence-electron chi connectivity index (χ4n) is 4.84. The van der Waals surface area contributed by atoms with Gasteiger partial charge in [-0.25, -0.2) is 4.68 Å². The van der Waals surface area contributed by atoms with Crippen molar-refractivity contribution in [3.05, 3.63) is 58.0 Å². The lowest BCUT2D eigenvalue weighted by Gasteiger charge is -2.53. The number of hydrogen-bond acceptors (Lipinski definition) is 6. The van der Waals surface area contributed by atoms with Gasteiger partial charge in [0.2, 0.25) is 0 Å². The van der Waals surface area contributed by atoms with E-state index >= 15 is 0 Å². The van der Waals surface area contributed by atoms with Crippen LogP contribution in [0.4, 0.5) is 5.69 Å². The predicted octanol–water partition coefficient (Wildman–Crippen LogP) is 3.73. The van der Waals surface area contributed by atoms with Crippen LogP contribution in [0.25, 0.3) is 11.3 Å². The monoisotopic (exact) mass is 405 g/mol. The number of aromatic nitrogens is 4. The standard InChI is InChI=1S/C23H27N5O2/c1-16-6-7-18(11-24-16)22-20(17(2)30-26-22)13-28-21(29)10-19(12-25-28)27-14-23(15-27)8-4-3-5-9-23/h6-7,10-12H,3-5,8-9,13-15H2,1-2H3. The van der Waals surface area contributed by atoms with Gasteiger partial charge < -0.3 is 9.42 Å². The second kappa shape index (κ2) is 7.38. The Hall–Kier alpha value is -2.96.